The number of aromatic nitrogens is 3. The van der Waals surface area contributed by atoms with Gasteiger partial charge in [0.1, 0.15) is 0 Å². The lowest BCUT2D eigenvalue weighted by molar-refractivity contribution is -0.136. The van der Waals surface area contributed by atoms with Crippen LogP contribution in [0.4, 0.5) is 0 Å². The maximum Gasteiger partial charge on any atom is 0.226 e. The molecule has 5 rings (SSSR count). The predicted octanol–water partition coefficient (Wildman–Crippen LogP) is 3.51. The SMILES string of the molecule is O=C(C1Cc2ccccc2C1)N1CCC(n2cc(C3CCCC3)nn2)CC1. The van der Waals surface area contributed by atoms with Crippen molar-refractivity contribution in [3.63, 3.8) is 0 Å². The maximum absolute atomic E-state index is 13.0. The van der Waals surface area contributed by atoms with Gasteiger partial charge in [-0.05, 0) is 49.7 Å². The first-order valence-corrected chi connectivity index (χ1v) is 10.6. The molecule has 1 aromatic heterocycles. The van der Waals surface area contributed by atoms with Gasteiger partial charge in [0.2, 0.25) is 5.91 Å². The quantitative estimate of drug-likeness (QED) is 0.837. The summed E-state index contributed by atoms with van der Waals surface area (Å²) in [5, 5.41) is 8.87. The summed E-state index contributed by atoms with van der Waals surface area (Å²) in [6, 6.07) is 8.88. The second-order valence-corrected chi connectivity index (χ2v) is 8.54. The van der Waals surface area contributed by atoms with Crippen LogP contribution in [-0.4, -0.2) is 38.9 Å². The molecular formula is C22H28N4O. The molecule has 1 saturated heterocycles. The number of fused-ring (bicyclic) bond motifs is 1. The first-order valence-electron chi connectivity index (χ1n) is 10.6. The van der Waals surface area contributed by atoms with Crippen LogP contribution in [0.5, 0.6) is 0 Å². The summed E-state index contributed by atoms with van der Waals surface area (Å²) in [5.74, 6) is 1.10. The third kappa shape index (κ3) is 3.28. The normalized spacial score (nSPS) is 21.7. The third-order valence-electron chi connectivity index (χ3n) is 6.85. The summed E-state index contributed by atoms with van der Waals surface area (Å²) in [4.78, 5) is 15.1. The van der Waals surface area contributed by atoms with E-state index < -0.39 is 0 Å². The molecule has 0 spiro atoms. The largest absolute Gasteiger partial charge is 0.342 e. The lowest BCUT2D eigenvalue weighted by atomic mass is 10.00. The van der Waals surface area contributed by atoms with Gasteiger partial charge in [-0.1, -0.05) is 42.3 Å². The number of hydrogen-bond donors (Lipinski definition) is 0. The molecule has 1 aromatic carbocycles. The lowest BCUT2D eigenvalue weighted by Crippen LogP contribution is -2.42. The molecule has 2 fully saturated rings. The molecule has 3 aliphatic rings. The van der Waals surface area contributed by atoms with Gasteiger partial charge in [0.05, 0.1) is 11.7 Å². The first-order chi connectivity index (χ1) is 13.3. The van der Waals surface area contributed by atoms with E-state index in [2.05, 4.69) is 50.4 Å². The molecule has 0 atom stereocenters. The number of likely N-dealkylation sites (tertiary alicyclic amines) is 1. The molecule has 0 bridgehead atoms. The number of nitrogens with zero attached hydrogens (tertiary/aromatic N) is 4. The molecule has 27 heavy (non-hydrogen) atoms. The zero-order chi connectivity index (χ0) is 18.2. The Morgan fingerprint density at radius 3 is 2.30 bits per heavy atom. The van der Waals surface area contributed by atoms with Crippen molar-refractivity contribution in [2.45, 2.75) is 63.3 Å². The van der Waals surface area contributed by atoms with Crippen LogP contribution in [0.2, 0.25) is 0 Å². The Labute approximate surface area is 160 Å². The third-order valence-corrected chi connectivity index (χ3v) is 6.85. The van der Waals surface area contributed by atoms with E-state index in [1.165, 1.54) is 42.5 Å². The topological polar surface area (TPSA) is 51.0 Å². The molecular weight excluding hydrogens is 336 g/mol. The fourth-order valence-corrected chi connectivity index (χ4v) is 5.22. The van der Waals surface area contributed by atoms with Crippen molar-refractivity contribution in [3.8, 4) is 0 Å². The van der Waals surface area contributed by atoms with Crippen molar-refractivity contribution in [1.82, 2.24) is 19.9 Å². The Kier molecular flexibility index (Phi) is 4.46. The molecule has 0 N–H and O–H groups in total. The fraction of sp³-hybridized carbons (Fsp3) is 0.591. The molecule has 2 heterocycles. The van der Waals surface area contributed by atoms with Gasteiger partial charge in [-0.25, -0.2) is 4.68 Å². The van der Waals surface area contributed by atoms with Gasteiger partial charge in [-0.2, -0.15) is 0 Å². The van der Waals surface area contributed by atoms with Crippen LogP contribution in [-0.2, 0) is 17.6 Å². The zero-order valence-corrected chi connectivity index (χ0v) is 15.9. The smallest absolute Gasteiger partial charge is 0.226 e. The molecule has 1 aliphatic heterocycles. The van der Waals surface area contributed by atoms with Crippen molar-refractivity contribution in [1.29, 1.82) is 0 Å². The van der Waals surface area contributed by atoms with E-state index in [0.717, 1.165) is 38.8 Å². The summed E-state index contributed by atoms with van der Waals surface area (Å²) < 4.78 is 2.07. The number of hydrogen-bond acceptors (Lipinski definition) is 3. The van der Waals surface area contributed by atoms with E-state index in [0.29, 0.717) is 17.9 Å². The van der Waals surface area contributed by atoms with Crippen LogP contribution in [0.15, 0.2) is 30.5 Å². The van der Waals surface area contributed by atoms with E-state index in [-0.39, 0.29) is 5.92 Å². The summed E-state index contributed by atoms with van der Waals surface area (Å²) in [7, 11) is 0. The minimum absolute atomic E-state index is 0.138. The minimum atomic E-state index is 0.138. The monoisotopic (exact) mass is 364 g/mol. The van der Waals surface area contributed by atoms with Crippen molar-refractivity contribution in [3.05, 3.63) is 47.3 Å². The van der Waals surface area contributed by atoms with Crippen LogP contribution in [0.25, 0.3) is 0 Å². The number of carbonyl (C=O) groups excluding carboxylic acids is 1. The molecule has 1 amide bonds. The second-order valence-electron chi connectivity index (χ2n) is 8.54. The number of benzene rings is 1. The van der Waals surface area contributed by atoms with Crippen LogP contribution in [0, 0.1) is 5.92 Å². The number of carbonyl (C=O) groups is 1. The minimum Gasteiger partial charge on any atom is -0.342 e. The van der Waals surface area contributed by atoms with Gasteiger partial charge >= 0.3 is 0 Å². The summed E-state index contributed by atoms with van der Waals surface area (Å²) in [5.41, 5.74) is 3.88. The van der Waals surface area contributed by atoms with E-state index in [1.807, 2.05) is 0 Å². The average Bonchev–Trinajstić information content (AvgIpc) is 3.47. The van der Waals surface area contributed by atoms with Crippen LogP contribution in [0.3, 0.4) is 0 Å². The van der Waals surface area contributed by atoms with Gasteiger partial charge in [0.25, 0.3) is 0 Å². The predicted molar refractivity (Wildman–Crippen MR) is 103 cm³/mol. The summed E-state index contributed by atoms with van der Waals surface area (Å²) >= 11 is 0. The Morgan fingerprint density at radius 2 is 1.63 bits per heavy atom. The first kappa shape index (κ1) is 17.0. The van der Waals surface area contributed by atoms with Gasteiger partial charge < -0.3 is 4.90 Å². The molecule has 0 unspecified atom stereocenters. The van der Waals surface area contributed by atoms with E-state index in [1.54, 1.807) is 0 Å². The van der Waals surface area contributed by atoms with Crippen molar-refractivity contribution in [2.75, 3.05) is 13.1 Å². The van der Waals surface area contributed by atoms with Gasteiger partial charge in [0, 0.05) is 31.1 Å². The molecule has 2 aliphatic carbocycles. The van der Waals surface area contributed by atoms with Crippen LogP contribution < -0.4 is 0 Å². The Bertz CT molecular complexity index is 790. The van der Waals surface area contributed by atoms with Gasteiger partial charge in [-0.15, -0.1) is 5.10 Å². The molecule has 1 saturated carbocycles. The number of piperidine rings is 1. The highest BCUT2D eigenvalue weighted by molar-refractivity contribution is 5.80. The highest BCUT2D eigenvalue weighted by Gasteiger charge is 2.33. The maximum atomic E-state index is 13.0. The average molecular weight is 364 g/mol. The number of amides is 1. The molecule has 2 aromatic rings. The Balaban J connectivity index is 1.18. The highest BCUT2D eigenvalue weighted by atomic mass is 16.2. The lowest BCUT2D eigenvalue weighted by Gasteiger charge is -2.33. The molecule has 5 nitrogen and oxygen atoms in total. The van der Waals surface area contributed by atoms with Gasteiger partial charge in [-0.3, -0.25) is 4.79 Å². The molecule has 5 heteroatoms. The summed E-state index contributed by atoms with van der Waals surface area (Å²) in [6.07, 6.45) is 11.1. The molecule has 0 radical (unpaired) electrons. The zero-order valence-electron chi connectivity index (χ0n) is 15.9. The van der Waals surface area contributed by atoms with Gasteiger partial charge in [0.15, 0.2) is 0 Å². The van der Waals surface area contributed by atoms with Crippen LogP contribution >= 0.6 is 0 Å². The van der Waals surface area contributed by atoms with Crippen molar-refractivity contribution < 1.29 is 4.79 Å². The standard InChI is InChI=1S/C22H28N4O/c27-22(19-13-17-7-3-4-8-18(17)14-19)25-11-9-20(10-12-25)26-15-21(23-24-26)16-5-1-2-6-16/h3-4,7-8,15-16,19-20H,1-2,5-6,9-14H2. The highest BCUT2D eigenvalue weighted by Crippen LogP contribution is 2.34. The van der Waals surface area contributed by atoms with E-state index in [9.17, 15) is 4.79 Å². The van der Waals surface area contributed by atoms with E-state index in [4.69, 9.17) is 0 Å². The Morgan fingerprint density at radius 1 is 0.963 bits per heavy atom. The fourth-order valence-electron chi connectivity index (χ4n) is 5.22. The van der Waals surface area contributed by atoms with E-state index >= 15 is 0 Å². The molecule has 142 valence electrons. The van der Waals surface area contributed by atoms with Crippen LogP contribution in [0.1, 0.15) is 67.3 Å². The summed E-state index contributed by atoms with van der Waals surface area (Å²) in [6.45, 7) is 1.68. The van der Waals surface area contributed by atoms with Crippen molar-refractivity contribution >= 4 is 5.91 Å². The second kappa shape index (κ2) is 7.10. The number of rotatable bonds is 3. The Hall–Kier alpha value is -2.17. The van der Waals surface area contributed by atoms with Crippen molar-refractivity contribution in [2.24, 2.45) is 5.92 Å².